The highest BCUT2D eigenvalue weighted by molar-refractivity contribution is 5.82. The van der Waals surface area contributed by atoms with Crippen LogP contribution in [0.5, 0.6) is 0 Å². The van der Waals surface area contributed by atoms with Gasteiger partial charge in [-0.25, -0.2) is 13.2 Å². The van der Waals surface area contributed by atoms with Crippen molar-refractivity contribution in [2.24, 2.45) is 10.7 Å². The number of amidine groups is 1. The molecular weight excluding hydrogens is 357 g/mol. The van der Waals surface area contributed by atoms with Crippen LogP contribution in [0.3, 0.4) is 0 Å². The van der Waals surface area contributed by atoms with Crippen LogP contribution in [0.2, 0.25) is 0 Å². The van der Waals surface area contributed by atoms with Crippen LogP contribution >= 0.6 is 0 Å². The first kappa shape index (κ1) is 19.2. The predicted molar refractivity (Wildman–Crippen MR) is 97.9 cm³/mol. The maximum absolute atomic E-state index is 15.4. The number of nitrogens with two attached hydrogens (primary N) is 1. The summed E-state index contributed by atoms with van der Waals surface area (Å²) < 4.78 is 50.7. The lowest BCUT2D eigenvalue weighted by Crippen LogP contribution is -2.56. The van der Waals surface area contributed by atoms with Gasteiger partial charge in [0.1, 0.15) is 23.9 Å². The lowest BCUT2D eigenvalue weighted by molar-refractivity contribution is -0.214. The van der Waals surface area contributed by atoms with Gasteiger partial charge in [-0.05, 0) is 51.1 Å². The van der Waals surface area contributed by atoms with Gasteiger partial charge in [-0.3, -0.25) is 9.98 Å². The van der Waals surface area contributed by atoms with E-state index in [4.69, 9.17) is 10.5 Å². The topological polar surface area (TPSA) is 72.5 Å². The third kappa shape index (κ3) is 3.25. The van der Waals surface area contributed by atoms with Crippen LogP contribution in [0, 0.1) is 5.82 Å². The minimum atomic E-state index is -3.53. The molecule has 1 aliphatic rings. The van der Waals surface area contributed by atoms with E-state index in [2.05, 4.69) is 15.3 Å². The average Bonchev–Trinajstić information content (AvgIpc) is 2.67. The molecule has 1 atom stereocenters. The number of nitrogens with zero attached hydrogens (tertiary/aromatic N) is 2. The SMILES string of the molecule is CC1(C)OCC(N)=N[C@](C)(c2cc(Nc3cccnc3)ccc2F)C1(F)F. The van der Waals surface area contributed by atoms with Crippen molar-refractivity contribution in [3.63, 3.8) is 0 Å². The van der Waals surface area contributed by atoms with Crippen LogP contribution in [0.25, 0.3) is 0 Å². The van der Waals surface area contributed by atoms with E-state index in [1.165, 1.54) is 32.9 Å². The molecule has 144 valence electrons. The molecule has 2 heterocycles. The Morgan fingerprint density at radius 1 is 1.15 bits per heavy atom. The Hall–Kier alpha value is -2.61. The van der Waals surface area contributed by atoms with Crippen molar-refractivity contribution < 1.29 is 17.9 Å². The maximum atomic E-state index is 15.4. The van der Waals surface area contributed by atoms with Crippen molar-refractivity contribution in [3.05, 3.63) is 54.1 Å². The Morgan fingerprint density at radius 2 is 1.89 bits per heavy atom. The first-order chi connectivity index (χ1) is 12.6. The summed E-state index contributed by atoms with van der Waals surface area (Å²) in [4.78, 5) is 7.95. The molecule has 0 spiro atoms. The highest BCUT2D eigenvalue weighted by atomic mass is 19.3. The van der Waals surface area contributed by atoms with Crippen molar-refractivity contribution in [1.29, 1.82) is 0 Å². The van der Waals surface area contributed by atoms with Crippen LogP contribution in [0.1, 0.15) is 26.3 Å². The zero-order chi connectivity index (χ0) is 19.9. The Morgan fingerprint density at radius 3 is 2.56 bits per heavy atom. The molecule has 0 saturated heterocycles. The quantitative estimate of drug-likeness (QED) is 0.847. The second-order valence-electron chi connectivity index (χ2n) is 7.11. The molecule has 1 aliphatic heterocycles. The Kier molecular flexibility index (Phi) is 4.63. The van der Waals surface area contributed by atoms with Gasteiger partial charge in [0, 0.05) is 17.4 Å². The molecule has 3 rings (SSSR count). The van der Waals surface area contributed by atoms with Crippen molar-refractivity contribution in [1.82, 2.24) is 4.98 Å². The number of halogens is 3. The summed E-state index contributed by atoms with van der Waals surface area (Å²) in [6.45, 7) is 3.40. The number of anilines is 2. The van der Waals surface area contributed by atoms with Crippen LogP contribution in [0.15, 0.2) is 47.7 Å². The number of ether oxygens (including phenoxy) is 1. The number of aliphatic imine (C=N–C) groups is 1. The van der Waals surface area contributed by atoms with E-state index in [-0.39, 0.29) is 18.0 Å². The fourth-order valence-electron chi connectivity index (χ4n) is 3.13. The minimum absolute atomic E-state index is 0.118. The summed E-state index contributed by atoms with van der Waals surface area (Å²) in [5.74, 6) is -4.45. The Labute approximate surface area is 155 Å². The second kappa shape index (κ2) is 6.53. The molecule has 0 bridgehead atoms. The van der Waals surface area contributed by atoms with Crippen molar-refractivity contribution in [2.75, 3.05) is 11.9 Å². The molecule has 27 heavy (non-hydrogen) atoms. The molecule has 0 saturated carbocycles. The van der Waals surface area contributed by atoms with Crippen LogP contribution in [0.4, 0.5) is 24.5 Å². The first-order valence-corrected chi connectivity index (χ1v) is 8.40. The monoisotopic (exact) mass is 378 g/mol. The van der Waals surface area contributed by atoms with Crippen molar-refractivity contribution >= 4 is 17.2 Å². The molecule has 0 aliphatic carbocycles. The molecule has 0 radical (unpaired) electrons. The van der Waals surface area contributed by atoms with E-state index in [1.54, 1.807) is 24.5 Å². The Bertz CT molecular complexity index is 871. The van der Waals surface area contributed by atoms with Crippen LogP contribution in [-0.4, -0.2) is 29.0 Å². The molecule has 8 heteroatoms. The summed E-state index contributed by atoms with van der Waals surface area (Å²) in [5.41, 5.74) is 2.40. The van der Waals surface area contributed by atoms with Crippen LogP contribution in [-0.2, 0) is 10.3 Å². The van der Waals surface area contributed by atoms with Gasteiger partial charge in [0.05, 0.1) is 11.9 Å². The van der Waals surface area contributed by atoms with Gasteiger partial charge in [0.15, 0.2) is 5.54 Å². The highest BCUT2D eigenvalue weighted by Gasteiger charge is 2.63. The number of benzene rings is 1. The van der Waals surface area contributed by atoms with E-state index < -0.39 is 22.9 Å². The molecule has 1 aromatic heterocycles. The van der Waals surface area contributed by atoms with E-state index in [0.717, 1.165) is 6.07 Å². The number of nitrogens with one attached hydrogen (secondary N) is 1. The van der Waals surface area contributed by atoms with E-state index in [9.17, 15) is 4.39 Å². The largest absolute Gasteiger partial charge is 0.385 e. The molecule has 3 N–H and O–H groups in total. The summed E-state index contributed by atoms with van der Waals surface area (Å²) in [5, 5.41) is 3.02. The summed E-state index contributed by atoms with van der Waals surface area (Å²) >= 11 is 0. The molecule has 0 unspecified atom stereocenters. The molecule has 2 aromatic rings. The highest BCUT2D eigenvalue weighted by Crippen LogP contribution is 2.50. The molecule has 5 nitrogen and oxygen atoms in total. The minimum Gasteiger partial charge on any atom is -0.385 e. The first-order valence-electron chi connectivity index (χ1n) is 8.40. The fraction of sp³-hybridized carbons (Fsp3) is 0.368. The summed E-state index contributed by atoms with van der Waals surface area (Å²) in [6.07, 6.45) is 3.17. The van der Waals surface area contributed by atoms with Gasteiger partial charge in [-0.1, -0.05) is 0 Å². The zero-order valence-electron chi connectivity index (χ0n) is 15.3. The predicted octanol–water partition coefficient (Wildman–Crippen LogP) is 3.98. The normalized spacial score (nSPS) is 24.0. The Balaban J connectivity index is 2.12. The van der Waals surface area contributed by atoms with Crippen molar-refractivity contribution in [3.8, 4) is 0 Å². The third-order valence-electron chi connectivity index (χ3n) is 4.76. The molecule has 0 amide bonds. The number of hydrogen-bond donors (Lipinski definition) is 2. The van der Waals surface area contributed by atoms with Gasteiger partial charge >= 0.3 is 5.92 Å². The van der Waals surface area contributed by atoms with Gasteiger partial charge < -0.3 is 15.8 Å². The zero-order valence-corrected chi connectivity index (χ0v) is 15.3. The second-order valence-corrected chi connectivity index (χ2v) is 7.11. The summed E-state index contributed by atoms with van der Waals surface area (Å²) in [6, 6.07) is 7.37. The van der Waals surface area contributed by atoms with Gasteiger partial charge in [0.25, 0.3) is 0 Å². The number of pyridine rings is 1. The number of hydrogen-bond acceptors (Lipinski definition) is 5. The number of alkyl halides is 2. The molecular formula is C19H21F3N4O. The van der Waals surface area contributed by atoms with E-state index in [1.807, 2.05) is 0 Å². The van der Waals surface area contributed by atoms with E-state index in [0.29, 0.717) is 11.4 Å². The number of rotatable bonds is 3. The molecule has 1 aromatic carbocycles. The lowest BCUT2D eigenvalue weighted by atomic mass is 9.78. The van der Waals surface area contributed by atoms with Gasteiger partial charge in [0.2, 0.25) is 0 Å². The maximum Gasteiger partial charge on any atom is 0.304 e. The number of aromatic nitrogens is 1. The van der Waals surface area contributed by atoms with Crippen LogP contribution < -0.4 is 11.1 Å². The smallest absolute Gasteiger partial charge is 0.304 e. The fourth-order valence-corrected chi connectivity index (χ4v) is 3.13. The van der Waals surface area contributed by atoms with Crippen molar-refractivity contribution in [2.45, 2.75) is 37.8 Å². The van der Waals surface area contributed by atoms with E-state index >= 15 is 8.78 Å². The molecule has 0 fully saturated rings. The van der Waals surface area contributed by atoms with Gasteiger partial charge in [-0.15, -0.1) is 0 Å². The summed E-state index contributed by atoms with van der Waals surface area (Å²) in [7, 11) is 0. The lowest BCUT2D eigenvalue weighted by Gasteiger charge is -2.42. The standard InChI is InChI=1S/C19H21F3N4O/c1-17(2)19(21,22)18(3,26-16(23)11-27-17)14-9-12(6-7-15(14)20)25-13-5-4-8-24-10-13/h4-10,25H,11H2,1-3H3,(H2,23,26)/t18-/m1/s1. The average molecular weight is 378 g/mol. The third-order valence-corrected chi connectivity index (χ3v) is 4.76. The van der Waals surface area contributed by atoms with Gasteiger partial charge in [-0.2, -0.15) is 0 Å².